The van der Waals surface area contributed by atoms with Gasteiger partial charge in [-0.25, -0.2) is 0 Å². The summed E-state index contributed by atoms with van der Waals surface area (Å²) in [4.78, 5) is 65.6. The summed E-state index contributed by atoms with van der Waals surface area (Å²) in [5.74, 6) is -5.02. The molecule has 1 heterocycles. The molecule has 0 amide bonds. The molecule has 1 fully saturated rings. The third kappa shape index (κ3) is 14.0. The van der Waals surface area contributed by atoms with Crippen LogP contribution in [0.3, 0.4) is 0 Å². The fourth-order valence-electron chi connectivity index (χ4n) is 5.01. The lowest BCUT2D eigenvalue weighted by Gasteiger charge is -2.33. The van der Waals surface area contributed by atoms with Crippen molar-refractivity contribution >= 4 is 35.5 Å². The fourth-order valence-corrected chi connectivity index (χ4v) is 5.01. The number of rotatable bonds is 16. The Kier molecular flexibility index (Phi) is 15.3. The molecule has 1 aliphatic rings. The Morgan fingerprint density at radius 1 is 0.659 bits per heavy atom. The van der Waals surface area contributed by atoms with E-state index in [2.05, 4.69) is 4.90 Å². The summed E-state index contributed by atoms with van der Waals surface area (Å²) >= 11 is 0. The van der Waals surface area contributed by atoms with E-state index in [1.165, 1.54) is 4.90 Å². The average Bonchev–Trinajstić information content (AvgIpc) is 2.90. The lowest BCUT2D eigenvalue weighted by Crippen LogP contribution is -2.48. The van der Waals surface area contributed by atoms with Crippen molar-refractivity contribution in [1.82, 2.24) is 19.6 Å². The van der Waals surface area contributed by atoms with Gasteiger partial charge in [-0.05, 0) is 25.0 Å². The van der Waals surface area contributed by atoms with Crippen LogP contribution in [-0.4, -0.2) is 173 Å². The molecular weight excluding hydrogens is 582 g/mol. The quantitative estimate of drug-likeness (QED) is 0.143. The topological polar surface area (TPSA) is 212 Å². The monoisotopic (exact) mass is 625 g/mol. The highest BCUT2D eigenvalue weighted by Crippen LogP contribution is 2.32. The number of hydrogen-bond donors (Lipinski definition) is 5. The molecule has 246 valence electrons. The smallest absolute Gasteiger partial charge is 0.323 e. The van der Waals surface area contributed by atoms with E-state index < -0.39 is 42.9 Å². The number of carboxylic acid groups (broad SMARTS) is 5. The second kappa shape index (κ2) is 18.6. The van der Waals surface area contributed by atoms with Gasteiger partial charge in [0.05, 0.1) is 31.9 Å². The van der Waals surface area contributed by atoms with Crippen LogP contribution in [0.4, 0.5) is 5.69 Å². The standard InChI is InChI=1S/C28H43N5O11/c1-21-4-2-5-22(28(21)33(19-26(40)41)20-27(42)43)44-15-3-6-29-7-9-30(16-23(34)35)11-13-32(18-25(38)39)14-12-31(10-8-29)17-24(36)37/h2,4-5H,3,6-20H2,1H3,(H,34,35)(H,36,37)(H,38,39)(H,40,41)(H,42,43). The number of para-hydroxylation sites is 1. The molecule has 1 aromatic rings. The molecule has 0 aliphatic carbocycles. The molecule has 0 unspecified atom stereocenters. The van der Waals surface area contributed by atoms with E-state index in [-0.39, 0.29) is 26.2 Å². The molecule has 16 heteroatoms. The van der Waals surface area contributed by atoms with Gasteiger partial charge >= 0.3 is 29.8 Å². The normalized spacial score (nSPS) is 16.4. The van der Waals surface area contributed by atoms with E-state index in [1.807, 2.05) is 0 Å². The predicted molar refractivity (Wildman–Crippen MR) is 157 cm³/mol. The summed E-state index contributed by atoms with van der Waals surface area (Å²) in [6, 6.07) is 5.12. The highest BCUT2D eigenvalue weighted by Gasteiger charge is 2.22. The maximum absolute atomic E-state index is 11.5. The van der Waals surface area contributed by atoms with Gasteiger partial charge < -0.3 is 40.1 Å². The minimum atomic E-state index is -1.18. The molecule has 0 spiro atoms. The van der Waals surface area contributed by atoms with Gasteiger partial charge in [0.2, 0.25) is 0 Å². The van der Waals surface area contributed by atoms with Crippen LogP contribution in [0.25, 0.3) is 0 Å². The second-order valence-corrected chi connectivity index (χ2v) is 10.6. The molecule has 16 nitrogen and oxygen atoms in total. The van der Waals surface area contributed by atoms with E-state index in [1.54, 1.807) is 39.8 Å². The minimum absolute atomic E-state index is 0.206. The summed E-state index contributed by atoms with van der Waals surface area (Å²) in [6.07, 6.45) is 0.523. The number of aryl methyl sites for hydroxylation is 1. The molecule has 44 heavy (non-hydrogen) atoms. The van der Waals surface area contributed by atoms with Crippen LogP contribution < -0.4 is 9.64 Å². The number of carbonyl (C=O) groups is 5. The van der Waals surface area contributed by atoms with Gasteiger partial charge in [0, 0.05) is 58.9 Å². The molecule has 0 bridgehead atoms. The summed E-state index contributed by atoms with van der Waals surface area (Å²) < 4.78 is 6.00. The van der Waals surface area contributed by atoms with Crippen molar-refractivity contribution < 1.29 is 54.2 Å². The first-order valence-electron chi connectivity index (χ1n) is 14.3. The van der Waals surface area contributed by atoms with Gasteiger partial charge in [-0.2, -0.15) is 0 Å². The molecule has 1 aliphatic heterocycles. The Bertz CT molecular complexity index is 1090. The Labute approximate surface area is 255 Å². The average molecular weight is 626 g/mol. The Morgan fingerprint density at radius 2 is 1.07 bits per heavy atom. The number of carboxylic acids is 5. The highest BCUT2D eigenvalue weighted by molar-refractivity contribution is 5.82. The molecule has 5 N–H and O–H groups in total. The number of aliphatic carboxylic acids is 5. The second-order valence-electron chi connectivity index (χ2n) is 10.6. The lowest BCUT2D eigenvalue weighted by molar-refractivity contribution is -0.140. The van der Waals surface area contributed by atoms with Crippen molar-refractivity contribution in [3.63, 3.8) is 0 Å². The Morgan fingerprint density at radius 3 is 1.45 bits per heavy atom. The fraction of sp³-hybridized carbons (Fsp3) is 0.607. The molecule has 1 saturated heterocycles. The van der Waals surface area contributed by atoms with Crippen molar-refractivity contribution in [1.29, 1.82) is 0 Å². The summed E-state index contributed by atoms with van der Waals surface area (Å²) in [5, 5.41) is 46.7. The number of anilines is 1. The summed E-state index contributed by atoms with van der Waals surface area (Å²) in [5.41, 5.74) is 1.04. The van der Waals surface area contributed by atoms with Crippen molar-refractivity contribution in [2.45, 2.75) is 13.3 Å². The van der Waals surface area contributed by atoms with E-state index in [0.717, 1.165) is 0 Å². The van der Waals surface area contributed by atoms with Crippen LogP contribution in [-0.2, 0) is 24.0 Å². The van der Waals surface area contributed by atoms with E-state index in [9.17, 15) is 49.5 Å². The first-order valence-corrected chi connectivity index (χ1v) is 14.3. The highest BCUT2D eigenvalue weighted by atomic mass is 16.5. The van der Waals surface area contributed by atoms with E-state index in [0.29, 0.717) is 82.3 Å². The van der Waals surface area contributed by atoms with Gasteiger partial charge in [-0.15, -0.1) is 0 Å². The summed E-state index contributed by atoms with van der Waals surface area (Å²) in [6.45, 7) is 3.85. The molecule has 0 atom stereocenters. The number of benzene rings is 1. The Balaban J connectivity index is 2.12. The third-order valence-electron chi connectivity index (χ3n) is 7.05. The summed E-state index contributed by atoms with van der Waals surface area (Å²) in [7, 11) is 0. The first kappa shape index (κ1) is 36.2. The zero-order valence-corrected chi connectivity index (χ0v) is 25.0. The first-order chi connectivity index (χ1) is 20.8. The van der Waals surface area contributed by atoms with Crippen molar-refractivity contribution in [2.24, 2.45) is 0 Å². The minimum Gasteiger partial charge on any atom is -0.491 e. The van der Waals surface area contributed by atoms with Crippen molar-refractivity contribution in [2.75, 3.05) is 103 Å². The maximum Gasteiger partial charge on any atom is 0.323 e. The van der Waals surface area contributed by atoms with Gasteiger partial charge in [0.15, 0.2) is 0 Å². The molecule has 2 rings (SSSR count). The van der Waals surface area contributed by atoms with Crippen LogP contribution >= 0.6 is 0 Å². The molecule has 0 aromatic heterocycles. The molecular formula is C28H43N5O11. The third-order valence-corrected chi connectivity index (χ3v) is 7.05. The number of hydrogen-bond acceptors (Lipinski definition) is 11. The van der Waals surface area contributed by atoms with Crippen molar-refractivity contribution in [3.8, 4) is 5.75 Å². The molecule has 0 saturated carbocycles. The molecule has 0 radical (unpaired) electrons. The van der Waals surface area contributed by atoms with Crippen LogP contribution in [0, 0.1) is 6.92 Å². The number of nitrogens with zero attached hydrogens (tertiary/aromatic N) is 5. The largest absolute Gasteiger partial charge is 0.491 e. The van der Waals surface area contributed by atoms with Crippen molar-refractivity contribution in [3.05, 3.63) is 23.8 Å². The van der Waals surface area contributed by atoms with Crippen LogP contribution in [0.15, 0.2) is 18.2 Å². The zero-order valence-electron chi connectivity index (χ0n) is 25.0. The number of ether oxygens (including phenoxy) is 1. The zero-order chi connectivity index (χ0) is 32.6. The van der Waals surface area contributed by atoms with Gasteiger partial charge in [-0.1, -0.05) is 12.1 Å². The van der Waals surface area contributed by atoms with Gasteiger partial charge in [0.1, 0.15) is 18.8 Å². The lowest BCUT2D eigenvalue weighted by atomic mass is 10.1. The van der Waals surface area contributed by atoms with Gasteiger partial charge in [0.25, 0.3) is 0 Å². The molecule has 1 aromatic carbocycles. The van der Waals surface area contributed by atoms with E-state index in [4.69, 9.17) is 4.74 Å². The van der Waals surface area contributed by atoms with Crippen LogP contribution in [0.5, 0.6) is 5.75 Å². The predicted octanol–water partition coefficient (Wildman–Crippen LogP) is -0.785. The van der Waals surface area contributed by atoms with Crippen LogP contribution in [0.1, 0.15) is 12.0 Å². The van der Waals surface area contributed by atoms with E-state index >= 15 is 0 Å². The maximum atomic E-state index is 11.5. The van der Waals surface area contributed by atoms with Gasteiger partial charge in [-0.3, -0.25) is 38.7 Å². The SMILES string of the molecule is Cc1cccc(OCCCN2CCN(CC(=O)O)CCN(CC(=O)O)CCN(CC(=O)O)CC2)c1N(CC(=O)O)CC(=O)O. The Hall–Kier alpha value is -3.99. The van der Waals surface area contributed by atoms with Crippen LogP contribution in [0.2, 0.25) is 0 Å².